The van der Waals surface area contributed by atoms with E-state index in [2.05, 4.69) is 0 Å². The van der Waals surface area contributed by atoms with Crippen molar-refractivity contribution in [2.24, 2.45) is 0 Å². The summed E-state index contributed by atoms with van der Waals surface area (Å²) in [7, 11) is 0. The van der Waals surface area contributed by atoms with E-state index in [4.69, 9.17) is 5.73 Å². The molecule has 0 aliphatic heterocycles. The molecule has 1 aromatic carbocycles. The maximum atomic E-state index is 13.0. The van der Waals surface area contributed by atoms with Crippen molar-refractivity contribution in [3.05, 3.63) is 29.1 Å². The van der Waals surface area contributed by atoms with Crippen LogP contribution in [0.4, 0.5) is 14.5 Å². The second-order valence-corrected chi connectivity index (χ2v) is 3.43. The number of hydrogen-bond acceptors (Lipinski definition) is 2. The summed E-state index contributed by atoms with van der Waals surface area (Å²) in [5, 5.41) is -0.153. The van der Waals surface area contributed by atoms with E-state index in [9.17, 15) is 8.78 Å². The zero-order valence-electron chi connectivity index (χ0n) is 5.97. The average molecular weight is 185 g/mol. The maximum Gasteiger partial charge on any atom is 0.177 e. The number of halogens is 2. The third-order valence-electron chi connectivity index (χ3n) is 1.63. The van der Waals surface area contributed by atoms with Gasteiger partial charge in [-0.2, -0.15) is 4.39 Å². The van der Waals surface area contributed by atoms with Crippen LogP contribution in [0.1, 0.15) is 0 Å². The van der Waals surface area contributed by atoms with Crippen molar-refractivity contribution in [2.75, 3.05) is 5.73 Å². The third-order valence-corrected chi connectivity index (χ3v) is 2.60. The number of rotatable bonds is 0. The minimum atomic E-state index is -0.431. The Bertz CT molecular complexity index is 397. The topological polar surface area (TPSA) is 26.0 Å². The normalized spacial score (nSPS) is 10.8. The fraction of sp³-hybridized carbons (Fsp3) is 0. The molecule has 0 spiro atoms. The molecule has 0 saturated carbocycles. The first kappa shape index (κ1) is 7.49. The van der Waals surface area contributed by atoms with Gasteiger partial charge in [0.1, 0.15) is 5.82 Å². The summed E-state index contributed by atoms with van der Waals surface area (Å²) < 4.78 is 26.1. The van der Waals surface area contributed by atoms with Gasteiger partial charge in [-0.1, -0.05) is 0 Å². The Balaban J connectivity index is 2.93. The van der Waals surface area contributed by atoms with Gasteiger partial charge >= 0.3 is 0 Å². The lowest BCUT2D eigenvalue weighted by molar-refractivity contribution is 0.636. The van der Waals surface area contributed by atoms with E-state index in [1.165, 1.54) is 12.1 Å². The van der Waals surface area contributed by atoms with E-state index in [1.807, 2.05) is 0 Å². The van der Waals surface area contributed by atoms with Crippen LogP contribution in [0.3, 0.4) is 0 Å². The molecule has 12 heavy (non-hydrogen) atoms. The smallest absolute Gasteiger partial charge is 0.177 e. The van der Waals surface area contributed by atoms with Crippen LogP contribution in [0.2, 0.25) is 0 Å². The number of thiophene rings is 1. The summed E-state index contributed by atoms with van der Waals surface area (Å²) in [5.74, 6) is -0.431. The number of nitrogens with two attached hydrogens (primary N) is 1. The number of nitrogen functional groups attached to an aromatic ring is 1. The lowest BCUT2D eigenvalue weighted by Gasteiger charge is -1.94. The molecular formula is C8H5F2NS. The van der Waals surface area contributed by atoms with Gasteiger partial charge in [-0.25, -0.2) is 4.39 Å². The Hall–Kier alpha value is -1.16. The fourth-order valence-corrected chi connectivity index (χ4v) is 1.91. The largest absolute Gasteiger partial charge is 0.398 e. The second kappa shape index (κ2) is 2.42. The highest BCUT2D eigenvalue weighted by molar-refractivity contribution is 7.18. The van der Waals surface area contributed by atoms with Crippen LogP contribution in [0.25, 0.3) is 10.1 Å². The molecule has 0 radical (unpaired) electrons. The predicted molar refractivity (Wildman–Crippen MR) is 46.2 cm³/mol. The average Bonchev–Trinajstić information content (AvgIpc) is 2.41. The molecule has 1 aromatic heterocycles. The van der Waals surface area contributed by atoms with Crippen LogP contribution in [0.5, 0.6) is 0 Å². The molecule has 62 valence electrons. The number of anilines is 1. The van der Waals surface area contributed by atoms with Crippen LogP contribution in [-0.4, -0.2) is 0 Å². The molecular weight excluding hydrogens is 180 g/mol. The lowest BCUT2D eigenvalue weighted by Crippen LogP contribution is -1.84. The molecule has 2 N–H and O–H groups in total. The van der Waals surface area contributed by atoms with Crippen LogP contribution in [0.15, 0.2) is 18.2 Å². The van der Waals surface area contributed by atoms with Crippen molar-refractivity contribution in [2.45, 2.75) is 0 Å². The standard InChI is InChI=1S/C8H5F2NS/c9-5-1-2-6(11)8-4(5)3-7(10)12-8/h1-3H,11H2. The Morgan fingerprint density at radius 3 is 2.67 bits per heavy atom. The molecule has 0 bridgehead atoms. The molecule has 0 saturated heterocycles. The quantitative estimate of drug-likeness (QED) is 0.627. The first-order valence-corrected chi connectivity index (χ1v) is 4.13. The highest BCUT2D eigenvalue weighted by Crippen LogP contribution is 2.31. The molecule has 0 amide bonds. The van der Waals surface area contributed by atoms with Crippen molar-refractivity contribution in [3.63, 3.8) is 0 Å². The van der Waals surface area contributed by atoms with Gasteiger partial charge in [0.05, 0.1) is 4.70 Å². The summed E-state index contributed by atoms with van der Waals surface area (Å²) in [4.78, 5) is 0. The van der Waals surface area contributed by atoms with Gasteiger partial charge < -0.3 is 5.73 Å². The van der Waals surface area contributed by atoms with Gasteiger partial charge in [0.2, 0.25) is 0 Å². The van der Waals surface area contributed by atoms with Crippen molar-refractivity contribution in [1.82, 2.24) is 0 Å². The Morgan fingerprint density at radius 1 is 1.25 bits per heavy atom. The van der Waals surface area contributed by atoms with Gasteiger partial charge in [-0.3, -0.25) is 0 Å². The van der Waals surface area contributed by atoms with Crippen LogP contribution >= 0.6 is 11.3 Å². The Labute approximate surface area is 71.4 Å². The van der Waals surface area contributed by atoms with Crippen molar-refractivity contribution < 1.29 is 8.78 Å². The SMILES string of the molecule is Nc1ccc(F)c2cc(F)sc12. The summed E-state index contributed by atoms with van der Waals surface area (Å²) in [6, 6.07) is 3.84. The summed E-state index contributed by atoms with van der Waals surface area (Å²) >= 11 is 0.861. The second-order valence-electron chi connectivity index (χ2n) is 2.43. The molecule has 0 fully saturated rings. The molecule has 0 aliphatic carbocycles. The van der Waals surface area contributed by atoms with Gasteiger partial charge in [0.15, 0.2) is 5.13 Å². The first-order valence-electron chi connectivity index (χ1n) is 3.31. The highest BCUT2D eigenvalue weighted by atomic mass is 32.1. The number of fused-ring (bicyclic) bond motifs is 1. The molecule has 1 nitrogen and oxygen atoms in total. The summed E-state index contributed by atoms with van der Waals surface area (Å²) in [6.07, 6.45) is 0. The van der Waals surface area contributed by atoms with Gasteiger partial charge in [0.25, 0.3) is 0 Å². The molecule has 1 heterocycles. The Morgan fingerprint density at radius 2 is 2.00 bits per heavy atom. The summed E-state index contributed by atoms with van der Waals surface area (Å²) in [6.45, 7) is 0. The minimum Gasteiger partial charge on any atom is -0.398 e. The zero-order valence-corrected chi connectivity index (χ0v) is 6.79. The third kappa shape index (κ3) is 0.956. The maximum absolute atomic E-state index is 13.0. The van der Waals surface area contributed by atoms with Crippen molar-refractivity contribution >= 4 is 27.1 Å². The molecule has 4 heteroatoms. The van der Waals surface area contributed by atoms with E-state index >= 15 is 0 Å². The van der Waals surface area contributed by atoms with Crippen LogP contribution in [-0.2, 0) is 0 Å². The van der Waals surface area contributed by atoms with Crippen LogP contribution < -0.4 is 5.73 Å². The summed E-state index contributed by atoms with van der Waals surface area (Å²) in [5.41, 5.74) is 5.93. The highest BCUT2D eigenvalue weighted by Gasteiger charge is 2.07. The van der Waals surface area contributed by atoms with E-state index in [1.54, 1.807) is 0 Å². The molecule has 0 unspecified atom stereocenters. The van der Waals surface area contributed by atoms with Crippen molar-refractivity contribution in [3.8, 4) is 0 Å². The fourth-order valence-electron chi connectivity index (χ4n) is 1.08. The van der Waals surface area contributed by atoms with E-state index in [-0.39, 0.29) is 5.39 Å². The number of hydrogen-bond donors (Lipinski definition) is 1. The molecule has 2 rings (SSSR count). The zero-order chi connectivity index (χ0) is 8.72. The first-order chi connectivity index (χ1) is 5.68. The van der Waals surface area contributed by atoms with Gasteiger partial charge in [0, 0.05) is 11.1 Å². The molecule has 0 atom stereocenters. The van der Waals surface area contributed by atoms with E-state index < -0.39 is 10.9 Å². The monoisotopic (exact) mass is 185 g/mol. The van der Waals surface area contributed by atoms with Gasteiger partial charge in [-0.05, 0) is 18.2 Å². The predicted octanol–water partition coefficient (Wildman–Crippen LogP) is 2.76. The molecule has 0 aliphatic rings. The molecule has 2 aromatic rings. The lowest BCUT2D eigenvalue weighted by atomic mass is 10.2. The Kier molecular flexibility index (Phi) is 1.51. The van der Waals surface area contributed by atoms with Crippen molar-refractivity contribution in [1.29, 1.82) is 0 Å². The van der Waals surface area contributed by atoms with Crippen LogP contribution in [0, 0.1) is 10.9 Å². The number of benzene rings is 1. The van der Waals surface area contributed by atoms with E-state index in [0.717, 1.165) is 17.4 Å². The van der Waals surface area contributed by atoms with E-state index in [0.29, 0.717) is 10.4 Å². The minimum absolute atomic E-state index is 0.262. The van der Waals surface area contributed by atoms with Gasteiger partial charge in [-0.15, -0.1) is 11.3 Å².